The normalized spacial score (nSPS) is 31.4. The van der Waals surface area contributed by atoms with Crippen molar-refractivity contribution >= 4 is 5.78 Å². The van der Waals surface area contributed by atoms with Gasteiger partial charge < -0.3 is 11.5 Å². The van der Waals surface area contributed by atoms with Gasteiger partial charge in [-0.3, -0.25) is 4.79 Å². The highest BCUT2D eigenvalue weighted by Crippen LogP contribution is 2.28. The molecule has 1 fully saturated rings. The van der Waals surface area contributed by atoms with E-state index in [0.29, 0.717) is 17.1 Å². The molecule has 0 aliphatic heterocycles. The summed E-state index contributed by atoms with van der Waals surface area (Å²) in [5.74, 6) is 0.477. The Kier molecular flexibility index (Phi) is 2.53. The van der Waals surface area contributed by atoms with Crippen molar-refractivity contribution in [1.82, 2.24) is 0 Å². The molecule has 1 aliphatic carbocycles. The molecule has 1 saturated carbocycles. The van der Waals surface area contributed by atoms with Gasteiger partial charge in [0.15, 0.2) is 5.78 Å². The van der Waals surface area contributed by atoms with Crippen molar-refractivity contribution in [2.24, 2.45) is 17.4 Å². The lowest BCUT2D eigenvalue weighted by molar-refractivity contribution is -0.113. The molecule has 0 aromatic heterocycles. The summed E-state index contributed by atoms with van der Waals surface area (Å²) >= 11 is 0. The smallest absolute Gasteiger partial charge is 0.187 e. The second-order valence-electron chi connectivity index (χ2n) is 3.23. The second-order valence-corrected chi connectivity index (χ2v) is 3.23. The van der Waals surface area contributed by atoms with E-state index in [-0.39, 0.29) is 5.78 Å². The van der Waals surface area contributed by atoms with Gasteiger partial charge in [-0.15, -0.1) is 0 Å². The van der Waals surface area contributed by atoms with Crippen LogP contribution in [0.2, 0.25) is 0 Å². The number of allylic oxidation sites excluding steroid dienone is 2. The van der Waals surface area contributed by atoms with Crippen LogP contribution in [0.4, 0.5) is 0 Å². The van der Waals surface area contributed by atoms with Gasteiger partial charge in [0.05, 0.1) is 0 Å². The first kappa shape index (κ1) is 8.84. The third-order valence-electron chi connectivity index (χ3n) is 2.12. The fourth-order valence-electron chi connectivity index (χ4n) is 1.50. The summed E-state index contributed by atoms with van der Waals surface area (Å²) in [5, 5.41) is 0. The molecule has 0 aromatic carbocycles. The van der Waals surface area contributed by atoms with Crippen molar-refractivity contribution in [3.05, 3.63) is 23.5 Å². The van der Waals surface area contributed by atoms with Crippen LogP contribution in [0, 0.1) is 5.92 Å². The quantitative estimate of drug-likeness (QED) is 0.520. The van der Waals surface area contributed by atoms with Crippen molar-refractivity contribution in [3.8, 4) is 0 Å². The number of ketones is 1. The first-order chi connectivity index (χ1) is 5.69. The van der Waals surface area contributed by atoms with Crippen molar-refractivity contribution in [1.29, 1.82) is 0 Å². The Hall–Kier alpha value is -1.25. The number of rotatable bonds is 0. The second kappa shape index (κ2) is 3.43. The van der Waals surface area contributed by atoms with Crippen LogP contribution in [-0.4, -0.2) is 5.78 Å². The van der Waals surface area contributed by atoms with Gasteiger partial charge >= 0.3 is 0 Å². The average Bonchev–Trinajstić information content (AvgIpc) is 2.08. The minimum absolute atomic E-state index is 0.0121. The van der Waals surface area contributed by atoms with E-state index in [1.165, 1.54) is 12.4 Å². The fourth-order valence-corrected chi connectivity index (χ4v) is 1.50. The molecule has 3 heteroatoms. The molecular formula is C9H14N2O. The standard InChI is InChI=1S/C9H14N2O/c1-6-2-7(4-10)9(12)8(3-6)5-11/h4-6H,2-3,10-11H2,1H3/b7-4+,8-5+. The van der Waals surface area contributed by atoms with Crippen LogP contribution in [0.1, 0.15) is 19.8 Å². The molecular weight excluding hydrogens is 152 g/mol. The Balaban J connectivity index is 2.90. The average molecular weight is 166 g/mol. The molecule has 0 spiro atoms. The van der Waals surface area contributed by atoms with E-state index < -0.39 is 0 Å². The van der Waals surface area contributed by atoms with Crippen LogP contribution in [0.5, 0.6) is 0 Å². The molecule has 0 unspecified atom stereocenters. The summed E-state index contributed by atoms with van der Waals surface area (Å²) in [5.41, 5.74) is 12.0. The molecule has 0 radical (unpaired) electrons. The number of Topliss-reactive ketones (excluding diaryl/α,β-unsaturated/α-hetero) is 1. The molecule has 0 saturated heterocycles. The molecule has 0 amide bonds. The molecule has 1 aliphatic rings. The molecule has 0 atom stereocenters. The van der Waals surface area contributed by atoms with Gasteiger partial charge in [0, 0.05) is 23.5 Å². The minimum atomic E-state index is 0.0121. The SMILES string of the molecule is CC1C/C(=C\N)C(=O)/C(=C/N)C1. The van der Waals surface area contributed by atoms with Crippen molar-refractivity contribution in [3.63, 3.8) is 0 Å². The van der Waals surface area contributed by atoms with Crippen LogP contribution >= 0.6 is 0 Å². The lowest BCUT2D eigenvalue weighted by Crippen LogP contribution is -2.20. The van der Waals surface area contributed by atoms with E-state index >= 15 is 0 Å². The van der Waals surface area contributed by atoms with Crippen LogP contribution in [0.3, 0.4) is 0 Å². The molecule has 0 heterocycles. The molecule has 12 heavy (non-hydrogen) atoms. The third-order valence-corrected chi connectivity index (χ3v) is 2.12. The molecule has 0 aromatic rings. The van der Waals surface area contributed by atoms with Gasteiger partial charge in [-0.25, -0.2) is 0 Å². The highest BCUT2D eigenvalue weighted by Gasteiger charge is 2.24. The molecule has 4 N–H and O–H groups in total. The van der Waals surface area contributed by atoms with Gasteiger partial charge in [0.1, 0.15) is 0 Å². The predicted molar refractivity (Wildman–Crippen MR) is 47.9 cm³/mol. The maximum atomic E-state index is 11.4. The van der Waals surface area contributed by atoms with Crippen LogP contribution in [-0.2, 0) is 4.79 Å². The summed E-state index contributed by atoms with van der Waals surface area (Å²) < 4.78 is 0. The zero-order valence-electron chi connectivity index (χ0n) is 7.21. The van der Waals surface area contributed by atoms with E-state index in [2.05, 4.69) is 6.92 Å². The van der Waals surface area contributed by atoms with Crippen LogP contribution in [0.25, 0.3) is 0 Å². The number of hydrogen-bond acceptors (Lipinski definition) is 3. The van der Waals surface area contributed by atoms with Crippen molar-refractivity contribution in [2.45, 2.75) is 19.8 Å². The Morgan fingerprint density at radius 2 is 1.67 bits per heavy atom. The lowest BCUT2D eigenvalue weighted by Gasteiger charge is -2.21. The summed E-state index contributed by atoms with van der Waals surface area (Å²) in [6, 6.07) is 0. The van der Waals surface area contributed by atoms with Crippen molar-refractivity contribution < 1.29 is 4.79 Å². The van der Waals surface area contributed by atoms with E-state index in [4.69, 9.17) is 11.5 Å². The Bertz CT molecular complexity index is 229. The van der Waals surface area contributed by atoms with E-state index in [9.17, 15) is 4.79 Å². The molecule has 66 valence electrons. The van der Waals surface area contributed by atoms with Crippen LogP contribution < -0.4 is 11.5 Å². The van der Waals surface area contributed by atoms with E-state index in [0.717, 1.165) is 12.8 Å². The maximum absolute atomic E-state index is 11.4. The molecule has 0 bridgehead atoms. The number of carbonyl (C=O) groups is 1. The molecule has 3 nitrogen and oxygen atoms in total. The zero-order valence-corrected chi connectivity index (χ0v) is 7.21. The van der Waals surface area contributed by atoms with Gasteiger partial charge in [-0.1, -0.05) is 6.92 Å². The predicted octanol–water partition coefficient (Wildman–Crippen LogP) is 0.671. The minimum Gasteiger partial charge on any atom is -0.404 e. The summed E-state index contributed by atoms with van der Waals surface area (Å²) in [6.45, 7) is 2.08. The first-order valence-corrected chi connectivity index (χ1v) is 4.05. The monoisotopic (exact) mass is 166 g/mol. The largest absolute Gasteiger partial charge is 0.404 e. The Labute approximate surface area is 72.1 Å². The van der Waals surface area contributed by atoms with E-state index in [1.807, 2.05) is 0 Å². The van der Waals surface area contributed by atoms with Crippen LogP contribution in [0.15, 0.2) is 23.5 Å². The topological polar surface area (TPSA) is 69.1 Å². The fraction of sp³-hybridized carbons (Fsp3) is 0.444. The summed E-state index contributed by atoms with van der Waals surface area (Å²) in [7, 11) is 0. The van der Waals surface area contributed by atoms with E-state index in [1.54, 1.807) is 0 Å². The summed E-state index contributed by atoms with van der Waals surface area (Å²) in [6.07, 6.45) is 4.32. The zero-order chi connectivity index (χ0) is 9.14. The highest BCUT2D eigenvalue weighted by atomic mass is 16.1. The van der Waals surface area contributed by atoms with Crippen molar-refractivity contribution in [2.75, 3.05) is 0 Å². The first-order valence-electron chi connectivity index (χ1n) is 4.05. The lowest BCUT2D eigenvalue weighted by atomic mass is 9.83. The number of nitrogens with two attached hydrogens (primary N) is 2. The molecule has 1 rings (SSSR count). The highest BCUT2D eigenvalue weighted by molar-refractivity contribution is 6.08. The third kappa shape index (κ3) is 1.49. The number of hydrogen-bond donors (Lipinski definition) is 2. The Morgan fingerprint density at radius 1 is 1.25 bits per heavy atom. The summed E-state index contributed by atoms with van der Waals surface area (Å²) in [4.78, 5) is 11.4. The van der Waals surface area contributed by atoms with Gasteiger partial charge in [-0.2, -0.15) is 0 Å². The van der Waals surface area contributed by atoms with Gasteiger partial charge in [-0.05, 0) is 18.8 Å². The number of carbonyl (C=O) groups excluding carboxylic acids is 1. The van der Waals surface area contributed by atoms with Gasteiger partial charge in [0.2, 0.25) is 0 Å². The Morgan fingerprint density at radius 3 is 2.00 bits per heavy atom. The maximum Gasteiger partial charge on any atom is 0.187 e. The van der Waals surface area contributed by atoms with Gasteiger partial charge in [0.25, 0.3) is 0 Å².